The predicted molar refractivity (Wildman–Crippen MR) is 58.0 cm³/mol. The Morgan fingerprint density at radius 2 is 1.39 bits per heavy atom. The first-order chi connectivity index (χ1) is 8.58. The number of fused-ring (bicyclic) bond motifs is 2. The number of aromatic nitrogens is 2. The molecule has 0 aromatic carbocycles. The van der Waals surface area contributed by atoms with Crippen LogP contribution in [0.1, 0.15) is 0 Å². The van der Waals surface area contributed by atoms with E-state index in [0.29, 0.717) is 0 Å². The van der Waals surface area contributed by atoms with Crippen molar-refractivity contribution in [2.45, 2.75) is 0 Å². The van der Waals surface area contributed by atoms with Crippen LogP contribution in [0.4, 0.5) is 23.3 Å². The van der Waals surface area contributed by atoms with Crippen LogP contribution in [0, 0.1) is 20.2 Å². The maximum atomic E-state index is 10.7. The molecule has 0 saturated carbocycles. The molecule has 1 aromatic rings. The van der Waals surface area contributed by atoms with E-state index in [1.807, 2.05) is 0 Å². The van der Waals surface area contributed by atoms with Gasteiger partial charge in [0.15, 0.2) is 35.0 Å². The van der Waals surface area contributed by atoms with Crippen LogP contribution in [0.25, 0.3) is 0 Å². The van der Waals surface area contributed by atoms with Crippen molar-refractivity contribution in [2.75, 3.05) is 34.0 Å². The second-order valence-corrected chi connectivity index (χ2v) is 3.51. The van der Waals surface area contributed by atoms with Crippen LogP contribution in [-0.4, -0.2) is 33.4 Å². The molecule has 18 heavy (non-hydrogen) atoms. The molecule has 2 aliphatic heterocycles. The fraction of sp³-hybridized carbons (Fsp3) is 0.333. The minimum absolute atomic E-state index is 0.0331. The molecule has 0 radical (unpaired) electrons. The minimum Gasteiger partial charge on any atom is -0.344 e. The van der Waals surface area contributed by atoms with Gasteiger partial charge >= 0.3 is 0 Å². The van der Waals surface area contributed by atoms with E-state index in [0.717, 1.165) is 10.0 Å². The van der Waals surface area contributed by atoms with Gasteiger partial charge in [-0.1, -0.05) is 10.0 Å². The monoisotopic (exact) mass is 254 g/mol. The SMILES string of the molecule is O=[N+]([O-])N1CNc2nc3c(nc21)N([N+](=O)[O-])CN3. The summed E-state index contributed by atoms with van der Waals surface area (Å²) in [4.78, 5) is 29.4. The molecule has 0 spiro atoms. The van der Waals surface area contributed by atoms with E-state index in [-0.39, 0.29) is 36.6 Å². The second-order valence-electron chi connectivity index (χ2n) is 3.51. The zero-order valence-corrected chi connectivity index (χ0v) is 8.73. The van der Waals surface area contributed by atoms with Gasteiger partial charge in [0.05, 0.1) is 0 Å². The van der Waals surface area contributed by atoms with Gasteiger partial charge in [-0.2, -0.15) is 4.98 Å². The van der Waals surface area contributed by atoms with Crippen LogP contribution in [-0.2, 0) is 0 Å². The van der Waals surface area contributed by atoms with Crippen LogP contribution in [0.15, 0.2) is 0 Å². The average molecular weight is 254 g/mol. The molecule has 3 rings (SSSR count). The summed E-state index contributed by atoms with van der Waals surface area (Å²) in [5.74, 6) is 0.384. The second kappa shape index (κ2) is 3.28. The van der Waals surface area contributed by atoms with E-state index >= 15 is 0 Å². The van der Waals surface area contributed by atoms with Crippen LogP contribution < -0.4 is 20.7 Å². The molecule has 0 atom stereocenters. The number of nitrogens with zero attached hydrogens (tertiary/aromatic N) is 6. The first-order valence-electron chi connectivity index (χ1n) is 4.81. The van der Waals surface area contributed by atoms with E-state index in [2.05, 4.69) is 20.6 Å². The van der Waals surface area contributed by atoms with Crippen molar-refractivity contribution in [2.24, 2.45) is 0 Å². The zero-order chi connectivity index (χ0) is 12.9. The molecule has 0 unspecified atom stereocenters. The molecule has 2 N–H and O–H groups in total. The lowest BCUT2D eigenvalue weighted by atomic mass is 10.5. The summed E-state index contributed by atoms with van der Waals surface area (Å²) in [6.45, 7) is -0.159. The Hall–Kier alpha value is -2.92. The summed E-state index contributed by atoms with van der Waals surface area (Å²) in [5, 5.41) is 27.0. The van der Waals surface area contributed by atoms with Gasteiger partial charge in [0.25, 0.3) is 0 Å². The summed E-state index contributed by atoms with van der Waals surface area (Å²) in [6, 6.07) is 0. The smallest absolute Gasteiger partial charge is 0.241 e. The Balaban J connectivity index is 2.08. The van der Waals surface area contributed by atoms with Crippen molar-refractivity contribution in [1.29, 1.82) is 0 Å². The third kappa shape index (κ3) is 1.25. The van der Waals surface area contributed by atoms with E-state index in [1.54, 1.807) is 0 Å². The largest absolute Gasteiger partial charge is 0.344 e. The molecule has 0 fully saturated rings. The number of hydrogen-bond acceptors (Lipinski definition) is 8. The maximum Gasteiger partial charge on any atom is 0.241 e. The molecule has 0 amide bonds. The first-order valence-corrected chi connectivity index (χ1v) is 4.81. The topological polar surface area (TPSA) is 143 Å². The average Bonchev–Trinajstić information content (AvgIpc) is 2.87. The molecule has 12 nitrogen and oxygen atoms in total. The standard InChI is InChI=1S/C6H6N8O4/c15-13(16)11-1-7-3-5(11)10-6-4(9-3)8-2-12(6)14(17)18/h1-2H2,(H2,7,8,9). The van der Waals surface area contributed by atoms with Crippen molar-refractivity contribution in [1.82, 2.24) is 9.97 Å². The summed E-state index contributed by atoms with van der Waals surface area (Å²) in [7, 11) is 0. The van der Waals surface area contributed by atoms with Gasteiger partial charge in [-0.3, -0.25) is 0 Å². The van der Waals surface area contributed by atoms with Crippen molar-refractivity contribution < 1.29 is 10.1 Å². The van der Waals surface area contributed by atoms with E-state index < -0.39 is 10.1 Å². The zero-order valence-electron chi connectivity index (χ0n) is 8.73. The van der Waals surface area contributed by atoms with E-state index in [4.69, 9.17) is 0 Å². The number of nitro groups is 2. The van der Waals surface area contributed by atoms with Gasteiger partial charge in [-0.25, -0.2) is 25.2 Å². The Morgan fingerprint density at radius 1 is 0.944 bits per heavy atom. The third-order valence-corrected chi connectivity index (χ3v) is 2.53. The van der Waals surface area contributed by atoms with E-state index in [9.17, 15) is 20.2 Å². The van der Waals surface area contributed by atoms with Crippen molar-refractivity contribution >= 4 is 23.3 Å². The first kappa shape index (κ1) is 10.2. The lowest BCUT2D eigenvalue weighted by molar-refractivity contribution is -0.494. The Kier molecular flexibility index (Phi) is 1.87. The molecule has 12 heteroatoms. The molecule has 2 aliphatic rings. The molecule has 94 valence electrons. The summed E-state index contributed by atoms with van der Waals surface area (Å²) < 4.78 is 0. The van der Waals surface area contributed by atoms with Gasteiger partial charge in [0, 0.05) is 0 Å². The van der Waals surface area contributed by atoms with Crippen LogP contribution in [0.5, 0.6) is 0 Å². The molecule has 0 bridgehead atoms. The molecule has 3 heterocycles. The number of nitrogens with one attached hydrogen (secondary N) is 2. The molecular weight excluding hydrogens is 248 g/mol. The van der Waals surface area contributed by atoms with Crippen molar-refractivity contribution in [3.8, 4) is 0 Å². The van der Waals surface area contributed by atoms with Gasteiger partial charge in [-0.05, 0) is 0 Å². The van der Waals surface area contributed by atoms with E-state index in [1.165, 1.54) is 0 Å². The number of hydrogen-bond donors (Lipinski definition) is 2. The molecule has 1 aromatic heterocycles. The molecular formula is C6H6N8O4. The fourth-order valence-corrected chi connectivity index (χ4v) is 1.73. The number of rotatable bonds is 2. The van der Waals surface area contributed by atoms with Crippen molar-refractivity contribution in [3.05, 3.63) is 20.2 Å². The highest BCUT2D eigenvalue weighted by molar-refractivity contribution is 5.75. The number of hydrazine groups is 2. The van der Waals surface area contributed by atoms with Crippen LogP contribution in [0.2, 0.25) is 0 Å². The van der Waals surface area contributed by atoms with Crippen molar-refractivity contribution in [3.63, 3.8) is 0 Å². The van der Waals surface area contributed by atoms with Gasteiger partial charge < -0.3 is 10.6 Å². The Bertz CT molecular complexity index is 516. The lowest BCUT2D eigenvalue weighted by Crippen LogP contribution is -2.31. The predicted octanol–water partition coefficient (Wildman–Crippen LogP) is -0.761. The third-order valence-electron chi connectivity index (χ3n) is 2.53. The van der Waals surface area contributed by atoms with Crippen LogP contribution >= 0.6 is 0 Å². The molecule has 0 saturated heterocycles. The van der Waals surface area contributed by atoms with Gasteiger partial charge in [0.2, 0.25) is 11.6 Å². The summed E-state index contributed by atoms with van der Waals surface area (Å²) in [5.41, 5.74) is 0. The lowest BCUT2D eigenvalue weighted by Gasteiger charge is -2.07. The normalized spacial score (nSPS) is 15.8. The fourth-order valence-electron chi connectivity index (χ4n) is 1.73. The quantitative estimate of drug-likeness (QED) is 0.510. The minimum atomic E-state index is -0.654. The highest BCUT2D eigenvalue weighted by Gasteiger charge is 2.37. The van der Waals surface area contributed by atoms with Crippen LogP contribution in [0.3, 0.4) is 0 Å². The summed E-state index contributed by atoms with van der Waals surface area (Å²) >= 11 is 0. The molecule has 0 aliphatic carbocycles. The van der Waals surface area contributed by atoms with Gasteiger partial charge in [-0.15, -0.1) is 0 Å². The highest BCUT2D eigenvalue weighted by Crippen LogP contribution is 2.36. The maximum absolute atomic E-state index is 10.7. The Labute approximate surface area is 98.5 Å². The van der Waals surface area contributed by atoms with Gasteiger partial charge in [0.1, 0.15) is 0 Å². The Morgan fingerprint density at radius 3 is 1.78 bits per heavy atom. The summed E-state index contributed by atoms with van der Waals surface area (Å²) in [6.07, 6.45) is 0. The highest BCUT2D eigenvalue weighted by atomic mass is 16.7. The number of anilines is 4.